The van der Waals surface area contributed by atoms with Crippen LogP contribution in [0.4, 0.5) is 4.39 Å². The number of hydrogen-bond donors (Lipinski definition) is 1. The van der Waals surface area contributed by atoms with E-state index in [4.69, 9.17) is 0 Å². The zero-order valence-corrected chi connectivity index (χ0v) is 9.14. The smallest absolute Gasteiger partial charge is 0.243 e. The Bertz CT molecular complexity index is 376. The quantitative estimate of drug-likeness (QED) is 0.810. The SMILES string of the molecule is CNC(=O)C=Cc1cc(Br)ccc1F. The lowest BCUT2D eigenvalue weighted by Gasteiger charge is -1.97. The Morgan fingerprint density at radius 1 is 1.57 bits per heavy atom. The first kappa shape index (κ1) is 10.9. The van der Waals surface area contributed by atoms with E-state index in [1.165, 1.54) is 25.3 Å². The molecule has 0 aliphatic carbocycles. The van der Waals surface area contributed by atoms with Gasteiger partial charge in [-0.3, -0.25) is 4.79 Å². The molecule has 4 heteroatoms. The van der Waals surface area contributed by atoms with E-state index >= 15 is 0 Å². The van der Waals surface area contributed by atoms with Gasteiger partial charge in [0.1, 0.15) is 5.82 Å². The van der Waals surface area contributed by atoms with Crippen LogP contribution in [0, 0.1) is 5.82 Å². The Labute approximate surface area is 89.9 Å². The number of carbonyl (C=O) groups excluding carboxylic acids is 1. The van der Waals surface area contributed by atoms with Crippen molar-refractivity contribution in [3.05, 3.63) is 40.1 Å². The fraction of sp³-hybridized carbons (Fsp3) is 0.100. The van der Waals surface area contributed by atoms with Gasteiger partial charge >= 0.3 is 0 Å². The van der Waals surface area contributed by atoms with E-state index in [1.807, 2.05) is 0 Å². The highest BCUT2D eigenvalue weighted by atomic mass is 79.9. The van der Waals surface area contributed by atoms with Gasteiger partial charge in [0, 0.05) is 23.2 Å². The molecule has 0 aromatic heterocycles. The van der Waals surface area contributed by atoms with Crippen molar-refractivity contribution >= 4 is 27.9 Å². The lowest BCUT2D eigenvalue weighted by Crippen LogP contribution is -2.13. The number of likely N-dealkylation sites (N-methyl/N-ethyl adjacent to an activating group) is 1. The fourth-order valence-corrected chi connectivity index (χ4v) is 1.27. The minimum atomic E-state index is -0.353. The van der Waals surface area contributed by atoms with Crippen LogP contribution < -0.4 is 5.32 Å². The highest BCUT2D eigenvalue weighted by Gasteiger charge is 1.99. The van der Waals surface area contributed by atoms with Crippen molar-refractivity contribution in [3.63, 3.8) is 0 Å². The molecule has 0 saturated heterocycles. The van der Waals surface area contributed by atoms with Crippen LogP contribution in [0.3, 0.4) is 0 Å². The molecule has 74 valence electrons. The largest absolute Gasteiger partial charge is 0.356 e. The van der Waals surface area contributed by atoms with Crippen molar-refractivity contribution in [3.8, 4) is 0 Å². The summed E-state index contributed by atoms with van der Waals surface area (Å²) >= 11 is 3.22. The summed E-state index contributed by atoms with van der Waals surface area (Å²) in [5.74, 6) is -0.613. The third kappa shape index (κ3) is 2.96. The van der Waals surface area contributed by atoms with E-state index in [9.17, 15) is 9.18 Å². The van der Waals surface area contributed by atoms with Crippen LogP contribution in [0.25, 0.3) is 6.08 Å². The van der Waals surface area contributed by atoms with Crippen LogP contribution >= 0.6 is 15.9 Å². The third-order valence-corrected chi connectivity index (χ3v) is 2.11. The molecule has 0 aliphatic rings. The van der Waals surface area contributed by atoms with E-state index < -0.39 is 0 Å². The monoisotopic (exact) mass is 257 g/mol. The molecule has 0 bridgehead atoms. The number of hydrogen-bond acceptors (Lipinski definition) is 1. The summed E-state index contributed by atoms with van der Waals surface area (Å²) in [4.78, 5) is 10.8. The molecular formula is C10H9BrFNO. The molecule has 2 nitrogen and oxygen atoms in total. The van der Waals surface area contributed by atoms with Crippen LogP contribution in [0.15, 0.2) is 28.7 Å². The average molecular weight is 258 g/mol. The van der Waals surface area contributed by atoms with Crippen molar-refractivity contribution in [1.29, 1.82) is 0 Å². The van der Waals surface area contributed by atoms with Crippen molar-refractivity contribution in [1.82, 2.24) is 5.32 Å². The molecule has 0 heterocycles. The van der Waals surface area contributed by atoms with E-state index in [1.54, 1.807) is 12.1 Å². The van der Waals surface area contributed by atoms with Crippen LogP contribution in [-0.2, 0) is 4.79 Å². The topological polar surface area (TPSA) is 29.1 Å². The van der Waals surface area contributed by atoms with Crippen molar-refractivity contribution in [2.45, 2.75) is 0 Å². The first-order chi connectivity index (χ1) is 6.63. The standard InChI is InChI=1S/C10H9BrFNO/c1-13-10(14)5-2-7-6-8(11)3-4-9(7)12/h2-6H,1H3,(H,13,14). The molecule has 0 aliphatic heterocycles. The van der Waals surface area contributed by atoms with Crippen LogP contribution in [0.5, 0.6) is 0 Å². The summed E-state index contributed by atoms with van der Waals surface area (Å²) in [6.07, 6.45) is 2.71. The second-order valence-electron chi connectivity index (χ2n) is 2.61. The van der Waals surface area contributed by atoms with E-state index in [0.717, 1.165) is 4.47 Å². The van der Waals surface area contributed by atoms with E-state index in [0.29, 0.717) is 5.56 Å². The zero-order valence-electron chi connectivity index (χ0n) is 7.55. The van der Waals surface area contributed by atoms with Crippen molar-refractivity contribution < 1.29 is 9.18 Å². The summed E-state index contributed by atoms with van der Waals surface area (Å²) in [6, 6.07) is 4.55. The maximum atomic E-state index is 13.1. The number of benzene rings is 1. The Hall–Kier alpha value is -1.16. The molecule has 0 unspecified atom stereocenters. The first-order valence-electron chi connectivity index (χ1n) is 3.98. The van der Waals surface area contributed by atoms with Gasteiger partial charge in [-0.25, -0.2) is 4.39 Å². The van der Waals surface area contributed by atoms with Gasteiger partial charge < -0.3 is 5.32 Å². The Balaban J connectivity index is 2.90. The highest BCUT2D eigenvalue weighted by Crippen LogP contribution is 2.16. The van der Waals surface area contributed by atoms with Crippen molar-refractivity contribution in [2.75, 3.05) is 7.05 Å². The number of halogens is 2. The number of amides is 1. The van der Waals surface area contributed by atoms with Gasteiger partial charge in [-0.05, 0) is 24.3 Å². The predicted molar refractivity (Wildman–Crippen MR) is 57.2 cm³/mol. The second kappa shape index (κ2) is 4.91. The first-order valence-corrected chi connectivity index (χ1v) is 4.77. The van der Waals surface area contributed by atoms with Gasteiger partial charge in [0.2, 0.25) is 5.91 Å². The molecule has 1 amide bonds. The molecule has 1 aromatic rings. The highest BCUT2D eigenvalue weighted by molar-refractivity contribution is 9.10. The number of nitrogens with one attached hydrogen (secondary N) is 1. The minimum Gasteiger partial charge on any atom is -0.356 e. The number of rotatable bonds is 2. The van der Waals surface area contributed by atoms with E-state index in [-0.39, 0.29) is 11.7 Å². The predicted octanol–water partition coefficient (Wildman–Crippen LogP) is 2.35. The molecular weight excluding hydrogens is 249 g/mol. The molecule has 14 heavy (non-hydrogen) atoms. The van der Waals surface area contributed by atoms with Gasteiger partial charge in [-0.1, -0.05) is 15.9 Å². The molecule has 0 fully saturated rings. The van der Waals surface area contributed by atoms with Gasteiger partial charge in [0.05, 0.1) is 0 Å². The summed E-state index contributed by atoms with van der Waals surface area (Å²) < 4.78 is 13.9. The van der Waals surface area contributed by atoms with Gasteiger partial charge in [-0.15, -0.1) is 0 Å². The summed E-state index contributed by atoms with van der Waals surface area (Å²) in [5, 5.41) is 2.41. The normalized spacial score (nSPS) is 10.5. The Morgan fingerprint density at radius 2 is 2.29 bits per heavy atom. The molecule has 1 N–H and O–H groups in total. The summed E-state index contributed by atoms with van der Waals surface area (Å²) in [7, 11) is 1.52. The molecule has 0 spiro atoms. The minimum absolute atomic E-state index is 0.260. The zero-order chi connectivity index (χ0) is 10.6. The van der Waals surface area contributed by atoms with Crippen LogP contribution in [-0.4, -0.2) is 13.0 Å². The molecule has 0 atom stereocenters. The summed E-state index contributed by atoms with van der Waals surface area (Å²) in [6.45, 7) is 0. The Morgan fingerprint density at radius 3 is 2.93 bits per heavy atom. The molecule has 0 radical (unpaired) electrons. The lowest BCUT2D eigenvalue weighted by molar-refractivity contribution is -0.115. The van der Waals surface area contributed by atoms with Crippen molar-refractivity contribution in [2.24, 2.45) is 0 Å². The fourth-order valence-electron chi connectivity index (χ4n) is 0.891. The van der Waals surface area contributed by atoms with Gasteiger partial charge in [0.15, 0.2) is 0 Å². The average Bonchev–Trinajstić information content (AvgIpc) is 2.19. The van der Waals surface area contributed by atoms with E-state index in [2.05, 4.69) is 21.2 Å². The van der Waals surface area contributed by atoms with Crippen LogP contribution in [0.1, 0.15) is 5.56 Å². The molecule has 1 aromatic carbocycles. The third-order valence-electron chi connectivity index (χ3n) is 1.62. The molecule has 0 saturated carbocycles. The Kier molecular flexibility index (Phi) is 3.83. The van der Waals surface area contributed by atoms with Crippen LogP contribution in [0.2, 0.25) is 0 Å². The van der Waals surface area contributed by atoms with Gasteiger partial charge in [0.25, 0.3) is 0 Å². The maximum Gasteiger partial charge on any atom is 0.243 e. The maximum absolute atomic E-state index is 13.1. The molecule has 1 rings (SSSR count). The summed E-state index contributed by atoms with van der Waals surface area (Å²) in [5.41, 5.74) is 0.378. The second-order valence-corrected chi connectivity index (χ2v) is 3.53. The lowest BCUT2D eigenvalue weighted by atomic mass is 10.2. The van der Waals surface area contributed by atoms with Gasteiger partial charge in [-0.2, -0.15) is 0 Å². The number of carbonyl (C=O) groups is 1.